The van der Waals surface area contributed by atoms with Gasteiger partial charge in [0, 0.05) is 18.2 Å². The van der Waals surface area contributed by atoms with Crippen molar-refractivity contribution >= 4 is 91.9 Å². The van der Waals surface area contributed by atoms with Crippen molar-refractivity contribution < 1.29 is 0 Å². The fourth-order valence-electron chi connectivity index (χ4n) is 3.49. The Bertz CT molecular complexity index is 1520. The first-order valence-corrected chi connectivity index (χ1v) is 13.4. The van der Waals surface area contributed by atoms with Gasteiger partial charge in [0.15, 0.2) is 0 Å². The molecule has 0 aliphatic heterocycles. The number of nitrogens with one attached hydrogen (secondary N) is 3. The predicted octanol–water partition coefficient (Wildman–Crippen LogP) is 6.87. The van der Waals surface area contributed by atoms with Gasteiger partial charge in [0.1, 0.15) is 0 Å². The van der Waals surface area contributed by atoms with Crippen LogP contribution < -0.4 is 16.2 Å². The van der Waals surface area contributed by atoms with Crippen molar-refractivity contribution in [3.63, 3.8) is 0 Å². The predicted molar refractivity (Wildman–Crippen MR) is 168 cm³/mol. The molecule has 5 rings (SSSR count). The van der Waals surface area contributed by atoms with Crippen molar-refractivity contribution in [2.75, 3.05) is 16.2 Å². The zero-order valence-corrected chi connectivity index (χ0v) is 23.6. The van der Waals surface area contributed by atoms with Crippen molar-refractivity contribution in [3.8, 4) is 0 Å². The zero-order valence-electron chi connectivity index (χ0n) is 19.3. The molecule has 0 aliphatic rings. The summed E-state index contributed by atoms with van der Waals surface area (Å²) in [5.41, 5.74) is 8.61. The molecular weight excluding hydrogens is 690 g/mol. The van der Waals surface area contributed by atoms with Crippen molar-refractivity contribution in [3.05, 3.63) is 109 Å². The Morgan fingerprint density at radius 1 is 0.595 bits per heavy atom. The molecule has 182 valence electrons. The molecule has 0 bridgehead atoms. The van der Waals surface area contributed by atoms with E-state index in [1.54, 1.807) is 12.4 Å². The van der Waals surface area contributed by atoms with Crippen LogP contribution >= 0.6 is 45.2 Å². The van der Waals surface area contributed by atoms with Crippen LogP contribution in [0.1, 0.15) is 11.1 Å². The molecule has 0 atom stereocenters. The summed E-state index contributed by atoms with van der Waals surface area (Å²) in [5, 5.41) is 14.1. The molecular formula is C27H20I2N8. The van der Waals surface area contributed by atoms with E-state index < -0.39 is 0 Å². The van der Waals surface area contributed by atoms with Gasteiger partial charge >= 0.3 is 0 Å². The molecule has 5 aromatic rings. The Hall–Kier alpha value is -3.65. The molecule has 0 spiro atoms. The van der Waals surface area contributed by atoms with E-state index in [2.05, 4.69) is 98.6 Å². The molecule has 0 fully saturated rings. The highest BCUT2D eigenvalue weighted by molar-refractivity contribution is 14.1. The lowest BCUT2D eigenvalue weighted by atomic mass is 10.1. The third-order valence-corrected chi connectivity index (χ3v) is 6.47. The highest BCUT2D eigenvalue weighted by Crippen LogP contribution is 2.25. The van der Waals surface area contributed by atoms with Crippen molar-refractivity contribution in [2.45, 2.75) is 0 Å². The average Bonchev–Trinajstić information content (AvgIpc) is 2.89. The Labute approximate surface area is 241 Å². The van der Waals surface area contributed by atoms with Crippen LogP contribution in [0.15, 0.2) is 101 Å². The minimum absolute atomic E-state index is 0.270. The number of aromatic nitrogens is 3. The van der Waals surface area contributed by atoms with E-state index in [4.69, 9.17) is 0 Å². The number of hydrogen-bond acceptors (Lipinski definition) is 8. The highest BCUT2D eigenvalue weighted by Gasteiger charge is 2.08. The monoisotopic (exact) mass is 710 g/mol. The number of rotatable bonds is 8. The second kappa shape index (κ2) is 12.1. The molecule has 0 unspecified atom stereocenters. The normalized spacial score (nSPS) is 11.3. The van der Waals surface area contributed by atoms with Gasteiger partial charge in [-0.05, 0) is 92.0 Å². The van der Waals surface area contributed by atoms with Gasteiger partial charge in [0.2, 0.25) is 17.8 Å². The second-order valence-electron chi connectivity index (χ2n) is 7.81. The summed E-state index contributed by atoms with van der Waals surface area (Å²) in [7, 11) is 0. The highest BCUT2D eigenvalue weighted by atomic mass is 127. The summed E-state index contributed by atoms with van der Waals surface area (Å²) in [6.07, 6.45) is 3.43. The van der Waals surface area contributed by atoms with Gasteiger partial charge in [-0.3, -0.25) is 0 Å². The van der Waals surface area contributed by atoms with Gasteiger partial charge < -0.3 is 5.32 Å². The maximum absolute atomic E-state index is 4.51. The van der Waals surface area contributed by atoms with Gasteiger partial charge in [-0.25, -0.2) is 10.9 Å². The smallest absolute Gasteiger partial charge is 0.250 e. The summed E-state index contributed by atoms with van der Waals surface area (Å²) in [6.45, 7) is 0. The fraction of sp³-hybridized carbons (Fsp3) is 0. The second-order valence-corrected chi connectivity index (χ2v) is 10.3. The Morgan fingerprint density at radius 3 is 1.76 bits per heavy atom. The number of fused-ring (bicyclic) bond motifs is 1. The molecule has 3 N–H and O–H groups in total. The first kappa shape index (κ1) is 25.0. The Morgan fingerprint density at radius 2 is 1.14 bits per heavy atom. The summed E-state index contributed by atoms with van der Waals surface area (Å²) in [4.78, 5) is 13.4. The van der Waals surface area contributed by atoms with Crippen LogP contribution in [0.4, 0.5) is 23.5 Å². The van der Waals surface area contributed by atoms with E-state index >= 15 is 0 Å². The summed E-state index contributed by atoms with van der Waals surface area (Å²) >= 11 is 4.53. The number of nitrogens with zero attached hydrogens (tertiary/aromatic N) is 5. The number of anilines is 4. The molecule has 0 radical (unpaired) electrons. The molecule has 0 amide bonds. The quantitative estimate of drug-likeness (QED) is 0.0925. The lowest BCUT2D eigenvalue weighted by Crippen LogP contribution is -2.07. The zero-order chi connectivity index (χ0) is 25.5. The maximum Gasteiger partial charge on any atom is 0.250 e. The van der Waals surface area contributed by atoms with Crippen molar-refractivity contribution in [1.29, 1.82) is 0 Å². The third kappa shape index (κ3) is 6.98. The first-order valence-electron chi connectivity index (χ1n) is 11.2. The van der Waals surface area contributed by atoms with E-state index in [0.29, 0.717) is 5.95 Å². The van der Waals surface area contributed by atoms with Crippen LogP contribution in [0, 0.1) is 7.14 Å². The van der Waals surface area contributed by atoms with Crippen LogP contribution in [0.2, 0.25) is 0 Å². The largest absolute Gasteiger partial charge is 0.323 e. The van der Waals surface area contributed by atoms with Gasteiger partial charge in [0.05, 0.1) is 12.4 Å². The minimum atomic E-state index is 0.270. The fourth-order valence-corrected chi connectivity index (χ4v) is 4.62. The topological polar surface area (TPSA) is 99.5 Å². The number of benzene rings is 4. The van der Waals surface area contributed by atoms with E-state index in [1.807, 2.05) is 78.9 Å². The molecule has 1 aromatic heterocycles. The van der Waals surface area contributed by atoms with Crippen LogP contribution in [0.25, 0.3) is 10.8 Å². The van der Waals surface area contributed by atoms with Crippen LogP contribution in [-0.4, -0.2) is 27.4 Å². The van der Waals surface area contributed by atoms with Gasteiger partial charge in [0.25, 0.3) is 0 Å². The van der Waals surface area contributed by atoms with Crippen molar-refractivity contribution in [2.24, 2.45) is 10.2 Å². The number of hydrogen-bond donors (Lipinski definition) is 3. The van der Waals surface area contributed by atoms with E-state index in [1.165, 1.54) is 0 Å². The molecule has 0 saturated carbocycles. The standard InChI is InChI=1S/C27H20I2N8/c28-21-10-3-6-18(14-21)16-30-36-26-33-25(32-24-13-5-9-20-8-1-2-12-23(20)24)34-27(35-26)37-31-17-19-7-4-11-22(29)15-19/h1-17H,(H3,32,33,34,35,36,37). The van der Waals surface area contributed by atoms with Crippen LogP contribution in [-0.2, 0) is 0 Å². The molecule has 4 aromatic carbocycles. The lowest BCUT2D eigenvalue weighted by molar-refractivity contribution is 1.02. The molecule has 1 heterocycles. The molecule has 37 heavy (non-hydrogen) atoms. The Kier molecular flexibility index (Phi) is 8.15. The minimum Gasteiger partial charge on any atom is -0.323 e. The summed E-state index contributed by atoms with van der Waals surface area (Å²) in [6, 6.07) is 30.2. The molecule has 0 aliphatic carbocycles. The summed E-state index contributed by atoms with van der Waals surface area (Å²) < 4.78 is 2.25. The van der Waals surface area contributed by atoms with Crippen LogP contribution in [0.5, 0.6) is 0 Å². The SMILES string of the molecule is Ic1cccc(C=NNc2nc(NN=Cc3cccc(I)c3)nc(Nc3cccc4ccccc34)n2)c1. The Balaban J connectivity index is 1.41. The summed E-state index contributed by atoms with van der Waals surface area (Å²) in [5.74, 6) is 0.892. The lowest BCUT2D eigenvalue weighted by Gasteiger charge is -2.10. The van der Waals surface area contributed by atoms with E-state index in [0.717, 1.165) is 34.7 Å². The molecule has 8 nitrogen and oxygen atoms in total. The van der Waals surface area contributed by atoms with Gasteiger partial charge in [-0.2, -0.15) is 25.2 Å². The molecule has 10 heteroatoms. The van der Waals surface area contributed by atoms with E-state index in [-0.39, 0.29) is 11.9 Å². The third-order valence-electron chi connectivity index (χ3n) is 5.13. The first-order chi connectivity index (χ1) is 18.1. The molecule has 0 saturated heterocycles. The van der Waals surface area contributed by atoms with Gasteiger partial charge in [-0.15, -0.1) is 0 Å². The van der Waals surface area contributed by atoms with Crippen LogP contribution in [0.3, 0.4) is 0 Å². The average molecular weight is 710 g/mol. The maximum atomic E-state index is 4.51. The van der Waals surface area contributed by atoms with Gasteiger partial charge in [-0.1, -0.05) is 60.7 Å². The van der Waals surface area contributed by atoms with E-state index in [9.17, 15) is 0 Å². The number of halogens is 2. The number of hydrazone groups is 2. The van der Waals surface area contributed by atoms with Crippen molar-refractivity contribution in [1.82, 2.24) is 15.0 Å².